The van der Waals surface area contributed by atoms with E-state index in [2.05, 4.69) is 31.6 Å². The number of ether oxygens (including phenoxy) is 2. The standard InChI is InChI=1S/C55H72FN5O6S/c1-66-41-12-14-46-44(32-41)50(39(34-56)36-58-46)48(62)16-19-54(21-27-60(28-22-54)25-6-10-43-11-7-31-68-43)52(64)53(65)55(23-29-61(30-24-55)26-18-38-8-4-3-5-9-38)20-17-49(63)51-40(35-57)37-59-47-15-13-42(67-2)33-45(47)51/h7,11-15,31-33,36-38,48-49,52-53,62-65H,3-5,8-9,16-30,34-35,57H2,1-2H3/t48-,49-,52?,53?/m0/s1. The number of alkyl halides is 1. The van der Waals surface area contributed by atoms with Crippen molar-refractivity contribution in [1.82, 2.24) is 19.8 Å². The Morgan fingerprint density at radius 1 is 0.765 bits per heavy atom. The number of thiophene rings is 1. The highest BCUT2D eigenvalue weighted by Gasteiger charge is 2.51. The van der Waals surface area contributed by atoms with E-state index in [1.165, 1.54) is 44.7 Å². The minimum atomic E-state index is -1.14. The molecular formula is C55H72FN5O6S. The highest BCUT2D eigenvalue weighted by atomic mass is 32.1. The molecule has 0 amide bonds. The Bertz CT molecular complexity index is 2460. The number of rotatable bonds is 19. The molecule has 68 heavy (non-hydrogen) atoms. The summed E-state index contributed by atoms with van der Waals surface area (Å²) in [6, 6.07) is 15.1. The van der Waals surface area contributed by atoms with Crippen LogP contribution in [0.3, 0.4) is 0 Å². The van der Waals surface area contributed by atoms with Gasteiger partial charge in [0.25, 0.3) is 0 Å². The number of piperidine rings is 2. The van der Waals surface area contributed by atoms with E-state index in [0.29, 0.717) is 98.1 Å². The molecule has 5 heterocycles. The van der Waals surface area contributed by atoms with Crippen LogP contribution in [-0.2, 0) is 13.2 Å². The van der Waals surface area contributed by atoms with E-state index in [1.807, 2.05) is 41.8 Å². The van der Waals surface area contributed by atoms with Crippen LogP contribution in [0.25, 0.3) is 21.8 Å². The number of fused-ring (bicyclic) bond motifs is 2. The molecule has 1 saturated carbocycles. The Kier molecular flexibility index (Phi) is 17.1. The quantitative estimate of drug-likeness (QED) is 0.0504. The van der Waals surface area contributed by atoms with Gasteiger partial charge in [-0.25, -0.2) is 4.39 Å². The normalized spacial score (nSPS) is 19.8. The summed E-state index contributed by atoms with van der Waals surface area (Å²) >= 11 is 1.62. The molecule has 3 aromatic heterocycles. The van der Waals surface area contributed by atoms with Gasteiger partial charge in [-0.2, -0.15) is 0 Å². The van der Waals surface area contributed by atoms with Crippen molar-refractivity contribution < 1.29 is 34.3 Å². The van der Waals surface area contributed by atoms with Crippen molar-refractivity contribution >= 4 is 33.1 Å². The summed E-state index contributed by atoms with van der Waals surface area (Å²) < 4.78 is 25.8. The molecule has 366 valence electrons. The third kappa shape index (κ3) is 11.3. The lowest BCUT2D eigenvalue weighted by molar-refractivity contribution is -0.156. The van der Waals surface area contributed by atoms with E-state index in [9.17, 15) is 24.8 Å². The number of aromatic nitrogens is 2. The second-order valence-electron chi connectivity index (χ2n) is 19.9. The number of benzene rings is 2. The topological polar surface area (TPSA) is 158 Å². The molecule has 3 aliphatic rings. The number of methoxy groups -OCH3 is 2. The molecule has 13 heteroatoms. The van der Waals surface area contributed by atoms with Crippen LogP contribution in [0.4, 0.5) is 4.39 Å². The van der Waals surface area contributed by atoms with E-state index in [4.69, 9.17) is 15.2 Å². The minimum absolute atomic E-state index is 0.204. The molecule has 5 aromatic rings. The van der Waals surface area contributed by atoms with Gasteiger partial charge in [0, 0.05) is 46.1 Å². The second kappa shape index (κ2) is 23.1. The number of halogens is 1. The van der Waals surface area contributed by atoms with E-state index >= 15 is 0 Å². The van der Waals surface area contributed by atoms with Gasteiger partial charge in [-0.05, 0) is 161 Å². The molecular weight excluding hydrogens is 878 g/mol. The van der Waals surface area contributed by atoms with Gasteiger partial charge in [0.1, 0.15) is 18.2 Å². The lowest BCUT2D eigenvalue weighted by Gasteiger charge is -2.52. The summed E-state index contributed by atoms with van der Waals surface area (Å²) in [6.45, 7) is 3.93. The van der Waals surface area contributed by atoms with Gasteiger partial charge in [0.05, 0.1) is 61.1 Å². The highest BCUT2D eigenvalue weighted by Crippen LogP contribution is 2.50. The van der Waals surface area contributed by atoms with Crippen molar-refractivity contribution in [2.24, 2.45) is 22.5 Å². The molecule has 6 N–H and O–H groups in total. The number of aliphatic hydroxyl groups excluding tert-OH is 4. The van der Waals surface area contributed by atoms with Crippen LogP contribution in [0.5, 0.6) is 11.5 Å². The van der Waals surface area contributed by atoms with Crippen LogP contribution in [0.1, 0.15) is 129 Å². The summed E-state index contributed by atoms with van der Waals surface area (Å²) in [7, 11) is 3.19. The van der Waals surface area contributed by atoms with Gasteiger partial charge in [-0.3, -0.25) is 14.9 Å². The fraction of sp³-hybridized carbons (Fsp3) is 0.564. The van der Waals surface area contributed by atoms with Crippen LogP contribution >= 0.6 is 11.3 Å². The molecule has 0 spiro atoms. The van der Waals surface area contributed by atoms with Crippen LogP contribution in [0, 0.1) is 28.6 Å². The summed E-state index contributed by atoms with van der Waals surface area (Å²) in [5.74, 6) is 8.63. The minimum Gasteiger partial charge on any atom is -0.497 e. The third-order valence-corrected chi connectivity index (χ3v) is 16.9. The highest BCUT2D eigenvalue weighted by molar-refractivity contribution is 7.10. The zero-order chi connectivity index (χ0) is 47.7. The van der Waals surface area contributed by atoms with Gasteiger partial charge >= 0.3 is 0 Å². The van der Waals surface area contributed by atoms with E-state index < -0.39 is 41.9 Å². The first-order valence-corrected chi connectivity index (χ1v) is 25.8. The average molecular weight is 950 g/mol. The SMILES string of the molecule is COc1ccc2ncc(CN)c([C@@H](O)CCC3(C(O)C(O)C4(CC[C@H](O)c5c(CF)cnc6ccc(OC)cc56)CCN(CC#Cc5cccs5)CC4)CCN(CCC4CCCCC4)CC3)c2c1. The number of nitrogens with two attached hydrogens (primary N) is 1. The first-order chi connectivity index (χ1) is 33.1. The number of aliphatic hydroxyl groups is 4. The van der Waals surface area contributed by atoms with Crippen LogP contribution in [0.15, 0.2) is 66.3 Å². The predicted molar refractivity (Wildman–Crippen MR) is 268 cm³/mol. The summed E-state index contributed by atoms with van der Waals surface area (Å²) in [6.07, 6.45) is 10.7. The molecule has 3 fully saturated rings. The van der Waals surface area contributed by atoms with Crippen molar-refractivity contribution in [3.63, 3.8) is 0 Å². The fourth-order valence-corrected chi connectivity index (χ4v) is 12.4. The number of likely N-dealkylation sites (tertiary alicyclic amines) is 2. The van der Waals surface area contributed by atoms with Crippen molar-refractivity contribution in [2.45, 2.75) is 128 Å². The molecule has 2 unspecified atom stereocenters. The Morgan fingerprint density at radius 3 is 1.82 bits per heavy atom. The van der Waals surface area contributed by atoms with Gasteiger partial charge in [-0.15, -0.1) is 11.3 Å². The largest absolute Gasteiger partial charge is 0.497 e. The maximum absolute atomic E-state index is 14.7. The molecule has 11 nitrogen and oxygen atoms in total. The summed E-state index contributed by atoms with van der Waals surface area (Å²) in [4.78, 5) is 15.0. The Hall–Kier alpha value is -4.23. The molecule has 2 aliphatic heterocycles. The molecule has 8 rings (SSSR count). The zero-order valence-corrected chi connectivity index (χ0v) is 40.9. The van der Waals surface area contributed by atoms with E-state index in [1.54, 1.807) is 43.9 Å². The van der Waals surface area contributed by atoms with E-state index in [0.717, 1.165) is 52.5 Å². The summed E-state index contributed by atoms with van der Waals surface area (Å²) in [5, 5.41) is 53.9. The zero-order valence-electron chi connectivity index (χ0n) is 40.1. The smallest absolute Gasteiger partial charge is 0.119 e. The Labute approximate surface area is 405 Å². The molecule has 0 bridgehead atoms. The lowest BCUT2D eigenvalue weighted by Crippen LogP contribution is -2.57. The van der Waals surface area contributed by atoms with Crippen LogP contribution in [-0.4, -0.2) is 106 Å². The Morgan fingerprint density at radius 2 is 1.31 bits per heavy atom. The van der Waals surface area contributed by atoms with Gasteiger partial charge in [-0.1, -0.05) is 50.0 Å². The number of hydrogen-bond donors (Lipinski definition) is 5. The predicted octanol–water partition coefficient (Wildman–Crippen LogP) is 9.03. The maximum atomic E-state index is 14.7. The fourth-order valence-electron chi connectivity index (χ4n) is 11.8. The van der Waals surface area contributed by atoms with Crippen molar-refractivity contribution in [3.8, 4) is 23.3 Å². The number of nitrogens with zero attached hydrogens (tertiary/aromatic N) is 4. The van der Waals surface area contributed by atoms with Gasteiger partial charge < -0.3 is 40.5 Å². The summed E-state index contributed by atoms with van der Waals surface area (Å²) in [5.41, 5.74) is 8.44. The second-order valence-corrected chi connectivity index (χ2v) is 20.9. The maximum Gasteiger partial charge on any atom is 0.119 e. The first-order valence-electron chi connectivity index (χ1n) is 25.0. The molecule has 4 atom stereocenters. The molecule has 2 aromatic carbocycles. The van der Waals surface area contributed by atoms with Crippen molar-refractivity contribution in [1.29, 1.82) is 0 Å². The lowest BCUT2D eigenvalue weighted by atomic mass is 9.61. The van der Waals surface area contributed by atoms with Crippen molar-refractivity contribution in [2.75, 3.05) is 53.5 Å². The number of hydrogen-bond acceptors (Lipinski definition) is 12. The van der Waals surface area contributed by atoms with Crippen molar-refractivity contribution in [3.05, 3.63) is 93.4 Å². The first kappa shape index (κ1) is 50.2. The average Bonchev–Trinajstić information content (AvgIpc) is 3.92. The molecule has 2 saturated heterocycles. The van der Waals surface area contributed by atoms with Gasteiger partial charge in [0.2, 0.25) is 0 Å². The van der Waals surface area contributed by atoms with E-state index in [-0.39, 0.29) is 13.0 Å². The monoisotopic (exact) mass is 950 g/mol. The van der Waals surface area contributed by atoms with Crippen LogP contribution in [0.2, 0.25) is 0 Å². The Balaban J connectivity index is 1.08. The van der Waals surface area contributed by atoms with Gasteiger partial charge in [0.15, 0.2) is 0 Å². The number of pyridine rings is 2. The third-order valence-electron chi connectivity index (χ3n) is 16.1. The molecule has 0 radical (unpaired) electrons. The van der Waals surface area contributed by atoms with Crippen LogP contribution < -0.4 is 15.2 Å². The molecule has 1 aliphatic carbocycles.